The van der Waals surface area contributed by atoms with Crippen LogP contribution < -0.4 is 5.73 Å². The molecule has 0 bridgehead atoms. The number of imidazole rings is 1. The number of fused-ring (bicyclic) bond motifs is 2. The topological polar surface area (TPSA) is 111 Å². The number of methoxy groups -OCH3 is 1. The molecular formula is C31H37N5O4S. The Hall–Kier alpha value is -3.31. The smallest absolute Gasteiger partial charge is 0.243 e. The zero-order valence-electron chi connectivity index (χ0n) is 23.4. The number of nitrogens with two attached hydrogens (primary N) is 1. The van der Waals surface area contributed by atoms with Gasteiger partial charge in [-0.05, 0) is 42.8 Å². The van der Waals surface area contributed by atoms with E-state index in [1.54, 1.807) is 19.2 Å². The lowest BCUT2D eigenvalue weighted by atomic mass is 9.94. The number of hydrogen-bond acceptors (Lipinski definition) is 6. The Morgan fingerprint density at radius 3 is 2.66 bits per heavy atom. The molecule has 0 spiro atoms. The minimum absolute atomic E-state index is 0.0696. The Labute approximate surface area is 240 Å². The Morgan fingerprint density at radius 1 is 1.02 bits per heavy atom. The third-order valence-corrected chi connectivity index (χ3v) is 10.4. The van der Waals surface area contributed by atoms with E-state index < -0.39 is 22.0 Å². The van der Waals surface area contributed by atoms with E-state index in [0.29, 0.717) is 25.1 Å². The number of piperidine rings is 1. The number of rotatable bonds is 8. The maximum Gasteiger partial charge on any atom is 0.243 e. The molecular weight excluding hydrogens is 538 g/mol. The molecule has 3 aromatic carbocycles. The second-order valence-corrected chi connectivity index (χ2v) is 13.1. The first kappa shape index (κ1) is 27.8. The van der Waals surface area contributed by atoms with Crippen LogP contribution in [0.2, 0.25) is 0 Å². The van der Waals surface area contributed by atoms with E-state index >= 15 is 0 Å². The summed E-state index contributed by atoms with van der Waals surface area (Å²) in [7, 11) is -2.11. The normalized spacial score (nSPS) is 22.1. The molecule has 2 aliphatic rings. The van der Waals surface area contributed by atoms with E-state index in [1.165, 1.54) is 4.31 Å². The van der Waals surface area contributed by atoms with E-state index in [1.807, 2.05) is 53.4 Å². The van der Waals surface area contributed by atoms with Gasteiger partial charge in [0.1, 0.15) is 5.82 Å². The number of nitrogens with zero attached hydrogens (tertiary/aromatic N) is 4. The summed E-state index contributed by atoms with van der Waals surface area (Å²) in [6.45, 7) is 2.85. The minimum Gasteiger partial charge on any atom is -0.385 e. The molecule has 0 saturated carbocycles. The number of carbonyl (C=O) groups excluding carboxylic acids is 1. The molecule has 216 valence electrons. The Bertz CT molecular complexity index is 1660. The second-order valence-electron chi connectivity index (χ2n) is 11.1. The lowest BCUT2D eigenvalue weighted by Crippen LogP contribution is -2.47. The molecule has 2 N–H and O–H groups in total. The molecule has 10 heteroatoms. The number of aromatic nitrogens is 2. The molecule has 9 nitrogen and oxygen atoms in total. The summed E-state index contributed by atoms with van der Waals surface area (Å²) in [6.07, 6.45) is 2.67. The average Bonchev–Trinajstić information content (AvgIpc) is 3.58. The number of carbonyl (C=O) groups is 1. The van der Waals surface area contributed by atoms with Crippen molar-refractivity contribution in [3.63, 3.8) is 0 Å². The zero-order chi connectivity index (χ0) is 28.6. The van der Waals surface area contributed by atoms with Crippen molar-refractivity contribution in [2.24, 2.45) is 11.7 Å². The summed E-state index contributed by atoms with van der Waals surface area (Å²) in [5.41, 5.74) is 8.52. The zero-order valence-corrected chi connectivity index (χ0v) is 24.2. The van der Waals surface area contributed by atoms with Gasteiger partial charge in [0.15, 0.2) is 0 Å². The first-order valence-corrected chi connectivity index (χ1v) is 15.8. The first-order valence-electron chi connectivity index (χ1n) is 14.3. The highest BCUT2D eigenvalue weighted by Gasteiger charge is 2.44. The van der Waals surface area contributed by atoms with Gasteiger partial charge in [-0.3, -0.25) is 4.79 Å². The van der Waals surface area contributed by atoms with Crippen molar-refractivity contribution in [2.75, 3.05) is 39.9 Å². The van der Waals surface area contributed by atoms with Crippen LogP contribution in [-0.2, 0) is 26.1 Å². The summed E-state index contributed by atoms with van der Waals surface area (Å²) >= 11 is 0. The molecule has 0 aliphatic carbocycles. The minimum atomic E-state index is -3.82. The van der Waals surface area contributed by atoms with E-state index in [9.17, 15) is 13.2 Å². The summed E-state index contributed by atoms with van der Waals surface area (Å²) in [4.78, 5) is 21.0. The number of benzene rings is 3. The number of ether oxygens (including phenoxy) is 1. The first-order chi connectivity index (χ1) is 19.9. The summed E-state index contributed by atoms with van der Waals surface area (Å²) < 4.78 is 36.4. The average molecular weight is 576 g/mol. The van der Waals surface area contributed by atoms with E-state index in [0.717, 1.165) is 48.1 Å². The van der Waals surface area contributed by atoms with Gasteiger partial charge < -0.3 is 19.9 Å². The summed E-state index contributed by atoms with van der Waals surface area (Å²) in [5.74, 6) is 0.436. The largest absolute Gasteiger partial charge is 0.385 e. The van der Waals surface area contributed by atoms with Gasteiger partial charge >= 0.3 is 0 Å². The SMILES string of the molecule is COCCCn1c([C@@H]2CCCN(C(=O)C3CN(S(=O)(=O)c4cccc5ccccc45)C[C@H]3N)C2)nc2ccccc21. The number of sulfonamides is 1. The second kappa shape index (κ2) is 11.5. The molecule has 2 saturated heterocycles. The summed E-state index contributed by atoms with van der Waals surface area (Å²) in [6, 6.07) is 20.3. The number of aryl methyl sites for hydroxylation is 1. The molecule has 2 aliphatic heterocycles. The maximum atomic E-state index is 13.9. The fourth-order valence-corrected chi connectivity index (χ4v) is 8.16. The van der Waals surface area contributed by atoms with Crippen molar-refractivity contribution in [1.29, 1.82) is 0 Å². The monoisotopic (exact) mass is 575 g/mol. The summed E-state index contributed by atoms with van der Waals surface area (Å²) in [5, 5.41) is 1.53. The maximum absolute atomic E-state index is 13.9. The van der Waals surface area contributed by atoms with Crippen LogP contribution in [0.4, 0.5) is 0 Å². The molecule has 2 fully saturated rings. The number of likely N-dealkylation sites (tertiary alicyclic amines) is 1. The quantitative estimate of drug-likeness (QED) is 0.322. The Kier molecular flexibility index (Phi) is 7.82. The molecule has 1 amide bonds. The van der Waals surface area contributed by atoms with Gasteiger partial charge in [0.25, 0.3) is 0 Å². The van der Waals surface area contributed by atoms with Gasteiger partial charge in [0.2, 0.25) is 15.9 Å². The lowest BCUT2D eigenvalue weighted by molar-refractivity contribution is -0.136. The predicted molar refractivity (Wildman–Crippen MR) is 159 cm³/mol. The van der Waals surface area contributed by atoms with Crippen molar-refractivity contribution in [1.82, 2.24) is 18.8 Å². The van der Waals surface area contributed by atoms with Crippen molar-refractivity contribution in [3.05, 3.63) is 72.6 Å². The number of amides is 1. The van der Waals surface area contributed by atoms with Gasteiger partial charge in [0, 0.05) is 63.8 Å². The van der Waals surface area contributed by atoms with Crippen LogP contribution in [0.25, 0.3) is 21.8 Å². The molecule has 3 heterocycles. The molecule has 1 unspecified atom stereocenters. The highest BCUT2D eigenvalue weighted by atomic mass is 32.2. The van der Waals surface area contributed by atoms with E-state index in [4.69, 9.17) is 15.5 Å². The van der Waals surface area contributed by atoms with Crippen molar-refractivity contribution in [3.8, 4) is 0 Å². The van der Waals surface area contributed by atoms with Crippen LogP contribution in [0.15, 0.2) is 71.6 Å². The fraction of sp³-hybridized carbons (Fsp3) is 0.419. The third kappa shape index (κ3) is 5.25. The van der Waals surface area contributed by atoms with Gasteiger partial charge in [0.05, 0.1) is 21.8 Å². The molecule has 4 aromatic rings. The van der Waals surface area contributed by atoms with E-state index in [-0.39, 0.29) is 29.8 Å². The highest BCUT2D eigenvalue weighted by Crippen LogP contribution is 2.33. The Balaban J connectivity index is 1.21. The number of para-hydroxylation sites is 2. The molecule has 1 aromatic heterocycles. The molecule has 6 rings (SSSR count). The third-order valence-electron chi connectivity index (χ3n) is 8.53. The van der Waals surface area contributed by atoms with Crippen molar-refractivity contribution in [2.45, 2.75) is 42.7 Å². The van der Waals surface area contributed by atoms with Crippen LogP contribution in [0, 0.1) is 5.92 Å². The van der Waals surface area contributed by atoms with Gasteiger partial charge in [-0.25, -0.2) is 13.4 Å². The van der Waals surface area contributed by atoms with Gasteiger partial charge in [-0.15, -0.1) is 0 Å². The highest BCUT2D eigenvalue weighted by molar-refractivity contribution is 7.89. The lowest BCUT2D eigenvalue weighted by Gasteiger charge is -2.35. The van der Waals surface area contributed by atoms with Crippen molar-refractivity contribution < 1.29 is 17.9 Å². The molecule has 3 atom stereocenters. The van der Waals surface area contributed by atoms with Crippen LogP contribution in [0.3, 0.4) is 0 Å². The van der Waals surface area contributed by atoms with Crippen LogP contribution in [-0.4, -0.2) is 79.0 Å². The molecule has 41 heavy (non-hydrogen) atoms. The fourth-order valence-electron chi connectivity index (χ4n) is 6.44. The number of hydrogen-bond donors (Lipinski definition) is 1. The van der Waals surface area contributed by atoms with E-state index in [2.05, 4.69) is 10.6 Å². The van der Waals surface area contributed by atoms with Crippen LogP contribution in [0.5, 0.6) is 0 Å². The predicted octanol–water partition coefficient (Wildman–Crippen LogP) is 3.58. The molecule has 0 radical (unpaired) electrons. The van der Waals surface area contributed by atoms with Crippen LogP contribution in [0.1, 0.15) is 31.0 Å². The van der Waals surface area contributed by atoms with Crippen molar-refractivity contribution >= 4 is 37.7 Å². The standard InChI is InChI=1S/C31H37N5O4S/c1-40-18-8-17-36-28-14-5-4-13-27(28)33-30(36)23-11-7-16-34(19-23)31(37)25-20-35(21-26(25)32)41(38,39)29-15-6-10-22-9-2-3-12-24(22)29/h2-6,9-10,12-15,23,25-26H,7-8,11,16-21,32H2,1H3/t23-,25?,26-/m1/s1. The van der Waals surface area contributed by atoms with Gasteiger partial charge in [-0.2, -0.15) is 4.31 Å². The Morgan fingerprint density at radius 2 is 1.80 bits per heavy atom. The van der Waals surface area contributed by atoms with Gasteiger partial charge in [-0.1, -0.05) is 48.5 Å². The van der Waals surface area contributed by atoms with Crippen LogP contribution >= 0.6 is 0 Å².